The van der Waals surface area contributed by atoms with E-state index in [1.165, 1.54) is 23.5 Å². The second-order valence-electron chi connectivity index (χ2n) is 7.45. The van der Waals surface area contributed by atoms with E-state index >= 15 is 0 Å². The summed E-state index contributed by atoms with van der Waals surface area (Å²) in [5.74, 6) is 3.60. The lowest BCUT2D eigenvalue weighted by molar-refractivity contribution is -0.121. The number of rotatable bonds is 13. The molecule has 0 aliphatic heterocycles. The first-order valence-electron chi connectivity index (χ1n) is 10.4. The summed E-state index contributed by atoms with van der Waals surface area (Å²) in [7, 11) is 0. The van der Waals surface area contributed by atoms with Crippen molar-refractivity contribution in [1.82, 2.24) is 20.9 Å². The molecule has 2 N–H and O–H groups in total. The van der Waals surface area contributed by atoms with E-state index in [1.807, 2.05) is 27.7 Å². The number of hydrogen-bond donors (Lipinski definition) is 2. The van der Waals surface area contributed by atoms with Crippen LogP contribution >= 0.6 is 23.5 Å². The molecule has 0 fully saturated rings. The zero-order valence-electron chi connectivity index (χ0n) is 18.9. The van der Waals surface area contributed by atoms with Gasteiger partial charge in [0.2, 0.25) is 11.8 Å². The third-order valence-corrected chi connectivity index (χ3v) is 6.79. The second-order valence-corrected chi connectivity index (χ2v) is 9.42. The minimum Gasteiger partial charge on any atom is -0.361 e. The van der Waals surface area contributed by atoms with Crippen molar-refractivity contribution in [3.8, 4) is 0 Å². The maximum absolute atomic E-state index is 12.3. The normalized spacial score (nSPS) is 12.0. The summed E-state index contributed by atoms with van der Waals surface area (Å²) >= 11 is 3.05. The summed E-state index contributed by atoms with van der Waals surface area (Å²) in [5, 5.41) is 13.8. The molecule has 1 atom stereocenters. The highest BCUT2D eigenvalue weighted by atomic mass is 32.2. The fraction of sp³-hybridized carbons (Fsp3) is 0.619. The highest BCUT2D eigenvalue weighted by Gasteiger charge is 2.15. The fourth-order valence-electron chi connectivity index (χ4n) is 3.04. The van der Waals surface area contributed by atoms with Gasteiger partial charge in [-0.2, -0.15) is 0 Å². The molecule has 8 nitrogen and oxygen atoms in total. The van der Waals surface area contributed by atoms with E-state index in [4.69, 9.17) is 9.05 Å². The van der Waals surface area contributed by atoms with E-state index in [2.05, 4.69) is 27.9 Å². The van der Waals surface area contributed by atoms with Crippen LogP contribution in [0.4, 0.5) is 0 Å². The SMILES string of the molecule is CCCC(CNC(=O)CSCc1c(C)noc1C)NC(=O)CSCc1c(C)noc1C. The molecule has 0 radical (unpaired) electrons. The Morgan fingerprint density at radius 1 is 0.903 bits per heavy atom. The number of nitrogens with one attached hydrogen (secondary N) is 2. The van der Waals surface area contributed by atoms with Crippen molar-refractivity contribution in [1.29, 1.82) is 0 Å². The number of carbonyl (C=O) groups excluding carboxylic acids is 2. The third kappa shape index (κ3) is 8.25. The summed E-state index contributed by atoms with van der Waals surface area (Å²) in [4.78, 5) is 24.5. The number of aryl methyl sites for hydroxylation is 4. The molecule has 2 aromatic heterocycles. The Bertz CT molecular complexity index is 827. The summed E-state index contributed by atoms with van der Waals surface area (Å²) in [5.41, 5.74) is 3.82. The topological polar surface area (TPSA) is 110 Å². The lowest BCUT2D eigenvalue weighted by Gasteiger charge is -2.18. The smallest absolute Gasteiger partial charge is 0.230 e. The van der Waals surface area contributed by atoms with Crippen molar-refractivity contribution < 1.29 is 18.6 Å². The number of hydrogen-bond acceptors (Lipinski definition) is 8. The molecule has 0 aromatic carbocycles. The molecule has 2 aromatic rings. The molecular formula is C21H32N4O4S2. The summed E-state index contributed by atoms with van der Waals surface area (Å²) in [6.07, 6.45) is 1.74. The fourth-order valence-corrected chi connectivity index (χ4v) is 5.03. The monoisotopic (exact) mass is 468 g/mol. The molecule has 0 aliphatic rings. The summed E-state index contributed by atoms with van der Waals surface area (Å²) in [6, 6.07) is -0.0753. The molecule has 0 saturated heterocycles. The highest BCUT2D eigenvalue weighted by molar-refractivity contribution is 7.99. The molecule has 0 aliphatic carbocycles. The molecule has 2 heterocycles. The zero-order chi connectivity index (χ0) is 22.8. The van der Waals surface area contributed by atoms with Gasteiger partial charge in [0, 0.05) is 35.2 Å². The van der Waals surface area contributed by atoms with Gasteiger partial charge < -0.3 is 19.7 Å². The Hall–Kier alpha value is -1.94. The van der Waals surface area contributed by atoms with Gasteiger partial charge in [0.05, 0.1) is 22.9 Å². The van der Waals surface area contributed by atoms with E-state index in [9.17, 15) is 9.59 Å². The van der Waals surface area contributed by atoms with E-state index in [1.54, 1.807) is 0 Å². The van der Waals surface area contributed by atoms with Crippen LogP contribution in [-0.2, 0) is 21.1 Å². The minimum atomic E-state index is -0.0753. The van der Waals surface area contributed by atoms with E-state index in [-0.39, 0.29) is 17.9 Å². The van der Waals surface area contributed by atoms with Crippen molar-refractivity contribution in [3.05, 3.63) is 34.0 Å². The van der Waals surface area contributed by atoms with Crippen molar-refractivity contribution in [2.45, 2.75) is 65.0 Å². The van der Waals surface area contributed by atoms with Gasteiger partial charge in [-0.25, -0.2) is 0 Å². The van der Waals surface area contributed by atoms with Crippen molar-refractivity contribution in [2.24, 2.45) is 0 Å². The average molecular weight is 469 g/mol. The van der Waals surface area contributed by atoms with Gasteiger partial charge in [-0.05, 0) is 34.1 Å². The lowest BCUT2D eigenvalue weighted by atomic mass is 10.1. The average Bonchev–Trinajstić information content (AvgIpc) is 3.22. The van der Waals surface area contributed by atoms with Gasteiger partial charge in [0.25, 0.3) is 0 Å². The number of nitrogens with zero attached hydrogens (tertiary/aromatic N) is 2. The number of aromatic nitrogens is 2. The Kier molecular flexibility index (Phi) is 10.5. The molecule has 172 valence electrons. The number of thioether (sulfide) groups is 2. The van der Waals surface area contributed by atoms with Crippen molar-refractivity contribution in [2.75, 3.05) is 18.1 Å². The van der Waals surface area contributed by atoms with Gasteiger partial charge in [-0.15, -0.1) is 23.5 Å². The quantitative estimate of drug-likeness (QED) is 0.460. The van der Waals surface area contributed by atoms with Crippen LogP contribution in [0.25, 0.3) is 0 Å². The first-order chi connectivity index (χ1) is 14.8. The Morgan fingerprint density at radius 2 is 1.42 bits per heavy atom. The van der Waals surface area contributed by atoms with E-state index in [0.717, 1.165) is 46.9 Å². The van der Waals surface area contributed by atoms with Crippen LogP contribution in [0.1, 0.15) is 53.8 Å². The lowest BCUT2D eigenvalue weighted by Crippen LogP contribution is -2.44. The van der Waals surface area contributed by atoms with Gasteiger partial charge in [-0.3, -0.25) is 9.59 Å². The molecule has 1 unspecified atom stereocenters. The molecule has 31 heavy (non-hydrogen) atoms. The van der Waals surface area contributed by atoms with Crippen LogP contribution in [0.5, 0.6) is 0 Å². The zero-order valence-corrected chi connectivity index (χ0v) is 20.5. The van der Waals surface area contributed by atoms with E-state index in [0.29, 0.717) is 29.6 Å². The maximum atomic E-state index is 12.3. The Labute approximate surface area is 192 Å². The van der Waals surface area contributed by atoms with Gasteiger partial charge in [0.1, 0.15) is 11.5 Å². The number of amides is 2. The van der Waals surface area contributed by atoms with Crippen molar-refractivity contribution >= 4 is 35.3 Å². The molecule has 10 heteroatoms. The Morgan fingerprint density at radius 3 is 1.87 bits per heavy atom. The largest absolute Gasteiger partial charge is 0.361 e. The summed E-state index contributed by atoms with van der Waals surface area (Å²) < 4.78 is 10.3. The minimum absolute atomic E-state index is 0.0303. The van der Waals surface area contributed by atoms with E-state index < -0.39 is 0 Å². The first kappa shape index (κ1) is 25.3. The molecule has 0 spiro atoms. The van der Waals surface area contributed by atoms with Crippen LogP contribution < -0.4 is 10.6 Å². The third-order valence-electron chi connectivity index (χ3n) is 4.87. The van der Waals surface area contributed by atoms with Crippen LogP contribution in [0.3, 0.4) is 0 Å². The molecule has 2 rings (SSSR count). The number of carbonyl (C=O) groups is 2. The first-order valence-corrected chi connectivity index (χ1v) is 12.7. The summed E-state index contributed by atoms with van der Waals surface area (Å²) in [6.45, 7) is 10.0. The predicted molar refractivity (Wildman–Crippen MR) is 124 cm³/mol. The van der Waals surface area contributed by atoms with Crippen LogP contribution in [0.15, 0.2) is 9.05 Å². The molecule has 0 saturated carbocycles. The molecule has 0 bridgehead atoms. The van der Waals surface area contributed by atoms with Gasteiger partial charge in [0.15, 0.2) is 0 Å². The van der Waals surface area contributed by atoms with Crippen LogP contribution in [0, 0.1) is 27.7 Å². The Balaban J connectivity index is 1.68. The van der Waals surface area contributed by atoms with Crippen LogP contribution in [0.2, 0.25) is 0 Å². The predicted octanol–water partition coefficient (Wildman–Crippen LogP) is 3.46. The van der Waals surface area contributed by atoms with Crippen LogP contribution in [-0.4, -0.2) is 46.2 Å². The van der Waals surface area contributed by atoms with Crippen molar-refractivity contribution in [3.63, 3.8) is 0 Å². The second kappa shape index (κ2) is 12.8. The van der Waals surface area contributed by atoms with Gasteiger partial charge in [-0.1, -0.05) is 23.7 Å². The maximum Gasteiger partial charge on any atom is 0.230 e. The molecule has 2 amide bonds. The molecular weight excluding hydrogens is 436 g/mol. The van der Waals surface area contributed by atoms with Gasteiger partial charge >= 0.3 is 0 Å². The highest BCUT2D eigenvalue weighted by Crippen LogP contribution is 2.20. The standard InChI is InChI=1S/C21H32N4O4S2/c1-6-7-17(23-21(27)12-31-10-19-14(3)25-29-16(19)5)8-22-20(26)11-30-9-18-13(2)24-28-15(18)4/h17H,6-12H2,1-5H3,(H,22,26)(H,23,27).